The number of ether oxygens (including phenoxy) is 2. The molecule has 0 aliphatic carbocycles. The number of nitrogens with zero attached hydrogens (tertiary/aromatic N) is 2. The number of hydrogen-bond acceptors (Lipinski definition) is 6. The number of aromatic nitrogens is 2. The Kier molecular flexibility index (Phi) is 6.97. The molecule has 0 aromatic carbocycles. The highest BCUT2D eigenvalue weighted by molar-refractivity contribution is 5.89. The first-order valence-electron chi connectivity index (χ1n) is 8.71. The Bertz CT molecular complexity index is 605. The fourth-order valence-corrected chi connectivity index (χ4v) is 2.78. The third kappa shape index (κ3) is 5.30. The van der Waals surface area contributed by atoms with E-state index in [0.29, 0.717) is 32.5 Å². The van der Waals surface area contributed by atoms with E-state index in [1.165, 1.54) is 0 Å². The quantitative estimate of drug-likeness (QED) is 0.744. The van der Waals surface area contributed by atoms with Gasteiger partial charge in [-0.3, -0.25) is 14.7 Å². The minimum Gasteiger partial charge on any atom is -0.466 e. The molecule has 8 heteroatoms. The molecule has 1 N–H and O–H groups in total. The number of H-pyrrole nitrogens is 1. The monoisotopic (exact) mass is 351 g/mol. The molecule has 0 bridgehead atoms. The van der Waals surface area contributed by atoms with E-state index >= 15 is 0 Å². The van der Waals surface area contributed by atoms with Crippen LogP contribution in [0.15, 0.2) is 6.07 Å². The zero-order valence-corrected chi connectivity index (χ0v) is 14.7. The van der Waals surface area contributed by atoms with E-state index in [-0.39, 0.29) is 30.1 Å². The molecule has 1 aromatic heterocycles. The highest BCUT2D eigenvalue weighted by Crippen LogP contribution is 2.18. The van der Waals surface area contributed by atoms with Crippen molar-refractivity contribution in [3.05, 3.63) is 17.5 Å². The molecule has 2 heterocycles. The second-order valence-electron chi connectivity index (χ2n) is 6.01. The van der Waals surface area contributed by atoms with Gasteiger partial charge in [0, 0.05) is 18.8 Å². The van der Waals surface area contributed by atoms with Crippen molar-refractivity contribution in [2.75, 3.05) is 26.3 Å². The molecule has 0 radical (unpaired) electrons. The SMILES string of the molecule is CCCc1cc(C(=O)OCC(=O)N2CCC(C(=O)OCC)CC2)n[nH]1. The molecule has 0 unspecified atom stereocenters. The molecular formula is C17H25N3O5. The lowest BCUT2D eigenvalue weighted by atomic mass is 9.97. The van der Waals surface area contributed by atoms with Crippen molar-refractivity contribution in [3.63, 3.8) is 0 Å². The summed E-state index contributed by atoms with van der Waals surface area (Å²) in [6, 6.07) is 1.64. The van der Waals surface area contributed by atoms with Crippen LogP contribution in [-0.2, 0) is 25.5 Å². The highest BCUT2D eigenvalue weighted by atomic mass is 16.5. The average molecular weight is 351 g/mol. The lowest BCUT2D eigenvalue weighted by molar-refractivity contribution is -0.151. The van der Waals surface area contributed by atoms with Crippen molar-refractivity contribution in [1.82, 2.24) is 15.1 Å². The lowest BCUT2D eigenvalue weighted by Crippen LogP contribution is -2.42. The van der Waals surface area contributed by atoms with Gasteiger partial charge in [-0.25, -0.2) is 4.79 Å². The Balaban J connectivity index is 1.75. The number of carbonyl (C=O) groups is 3. The molecule has 1 aromatic rings. The van der Waals surface area contributed by atoms with Crippen LogP contribution in [0.3, 0.4) is 0 Å². The Morgan fingerprint density at radius 2 is 1.96 bits per heavy atom. The zero-order valence-electron chi connectivity index (χ0n) is 14.7. The van der Waals surface area contributed by atoms with Crippen LogP contribution in [0, 0.1) is 5.92 Å². The van der Waals surface area contributed by atoms with Gasteiger partial charge in [0.05, 0.1) is 12.5 Å². The second-order valence-corrected chi connectivity index (χ2v) is 6.01. The maximum atomic E-state index is 12.1. The number of esters is 2. The molecular weight excluding hydrogens is 326 g/mol. The number of aromatic amines is 1. The van der Waals surface area contributed by atoms with E-state index in [9.17, 15) is 14.4 Å². The molecule has 8 nitrogen and oxygen atoms in total. The number of nitrogens with one attached hydrogen (secondary N) is 1. The minimum absolute atomic E-state index is 0.160. The van der Waals surface area contributed by atoms with E-state index < -0.39 is 5.97 Å². The van der Waals surface area contributed by atoms with Gasteiger partial charge in [-0.1, -0.05) is 13.3 Å². The molecule has 25 heavy (non-hydrogen) atoms. The predicted octanol–water partition coefficient (Wildman–Crippen LogP) is 1.32. The molecule has 0 saturated carbocycles. The summed E-state index contributed by atoms with van der Waals surface area (Å²) in [6.45, 7) is 4.77. The number of hydrogen-bond donors (Lipinski definition) is 1. The first-order chi connectivity index (χ1) is 12.0. The predicted molar refractivity (Wildman–Crippen MR) is 88.8 cm³/mol. The Labute approximate surface area is 146 Å². The van der Waals surface area contributed by atoms with Crippen molar-refractivity contribution in [3.8, 4) is 0 Å². The third-order valence-electron chi connectivity index (χ3n) is 4.15. The minimum atomic E-state index is -0.617. The third-order valence-corrected chi connectivity index (χ3v) is 4.15. The van der Waals surface area contributed by atoms with Crippen LogP contribution in [0.2, 0.25) is 0 Å². The maximum absolute atomic E-state index is 12.1. The number of likely N-dealkylation sites (tertiary alicyclic amines) is 1. The average Bonchev–Trinajstić information content (AvgIpc) is 3.09. The topological polar surface area (TPSA) is 102 Å². The summed E-state index contributed by atoms with van der Waals surface area (Å²) in [5.41, 5.74) is 1.04. The fraction of sp³-hybridized carbons (Fsp3) is 0.647. The number of carbonyl (C=O) groups excluding carboxylic acids is 3. The first-order valence-corrected chi connectivity index (χ1v) is 8.71. The van der Waals surface area contributed by atoms with Crippen LogP contribution in [-0.4, -0.2) is 59.2 Å². The second kappa shape index (κ2) is 9.19. The standard InChI is InChI=1S/C17H25N3O5/c1-3-5-13-10-14(19-18-13)17(23)25-11-15(21)20-8-6-12(7-9-20)16(22)24-4-2/h10,12H,3-9,11H2,1-2H3,(H,18,19). The fourth-order valence-electron chi connectivity index (χ4n) is 2.78. The van der Waals surface area contributed by atoms with Crippen LogP contribution in [0.25, 0.3) is 0 Å². The van der Waals surface area contributed by atoms with Crippen molar-refractivity contribution in [1.29, 1.82) is 0 Å². The summed E-state index contributed by atoms with van der Waals surface area (Å²) < 4.78 is 10.0. The molecule has 1 amide bonds. The smallest absolute Gasteiger partial charge is 0.359 e. The molecule has 0 spiro atoms. The van der Waals surface area contributed by atoms with Gasteiger partial charge in [0.1, 0.15) is 0 Å². The first kappa shape index (κ1) is 19.0. The van der Waals surface area contributed by atoms with Crippen LogP contribution in [0.1, 0.15) is 49.3 Å². The van der Waals surface area contributed by atoms with Gasteiger partial charge in [-0.2, -0.15) is 5.10 Å². The molecule has 2 rings (SSSR count). The molecule has 1 aliphatic rings. The largest absolute Gasteiger partial charge is 0.466 e. The number of aryl methyl sites for hydroxylation is 1. The Morgan fingerprint density at radius 3 is 2.60 bits per heavy atom. The molecule has 1 saturated heterocycles. The van der Waals surface area contributed by atoms with Crippen molar-refractivity contribution in [2.24, 2.45) is 5.92 Å². The van der Waals surface area contributed by atoms with Crippen molar-refractivity contribution in [2.45, 2.75) is 39.5 Å². The number of rotatable bonds is 7. The van der Waals surface area contributed by atoms with Crippen LogP contribution < -0.4 is 0 Å². The van der Waals surface area contributed by atoms with Crippen LogP contribution in [0.4, 0.5) is 0 Å². The molecule has 138 valence electrons. The Morgan fingerprint density at radius 1 is 1.24 bits per heavy atom. The highest BCUT2D eigenvalue weighted by Gasteiger charge is 2.28. The number of piperidine rings is 1. The van der Waals surface area contributed by atoms with Gasteiger partial charge in [-0.05, 0) is 32.3 Å². The van der Waals surface area contributed by atoms with E-state index in [1.54, 1.807) is 17.9 Å². The number of amides is 1. The maximum Gasteiger partial charge on any atom is 0.359 e. The molecule has 0 atom stereocenters. The van der Waals surface area contributed by atoms with Gasteiger partial charge < -0.3 is 14.4 Å². The lowest BCUT2D eigenvalue weighted by Gasteiger charge is -2.30. The molecule has 1 aliphatic heterocycles. The van der Waals surface area contributed by atoms with Gasteiger partial charge in [0.15, 0.2) is 12.3 Å². The zero-order chi connectivity index (χ0) is 18.2. The van der Waals surface area contributed by atoms with Crippen molar-refractivity contribution < 1.29 is 23.9 Å². The summed E-state index contributed by atoms with van der Waals surface area (Å²) in [4.78, 5) is 37.4. The summed E-state index contributed by atoms with van der Waals surface area (Å²) in [5.74, 6) is -1.25. The summed E-state index contributed by atoms with van der Waals surface area (Å²) in [7, 11) is 0. The van der Waals surface area contributed by atoms with Gasteiger partial charge in [0.2, 0.25) is 0 Å². The molecule has 1 fully saturated rings. The van der Waals surface area contributed by atoms with E-state index in [1.807, 2.05) is 6.92 Å². The Hall–Kier alpha value is -2.38. The van der Waals surface area contributed by atoms with Gasteiger partial charge >= 0.3 is 11.9 Å². The van der Waals surface area contributed by atoms with Crippen molar-refractivity contribution >= 4 is 17.8 Å². The van der Waals surface area contributed by atoms with Crippen LogP contribution >= 0.6 is 0 Å². The van der Waals surface area contributed by atoms with E-state index in [2.05, 4.69) is 10.2 Å². The summed E-state index contributed by atoms with van der Waals surface area (Å²) in [5, 5.41) is 6.67. The summed E-state index contributed by atoms with van der Waals surface area (Å²) >= 11 is 0. The van der Waals surface area contributed by atoms with Crippen LogP contribution in [0.5, 0.6) is 0 Å². The summed E-state index contributed by atoms with van der Waals surface area (Å²) in [6.07, 6.45) is 2.88. The normalized spacial score (nSPS) is 15.0. The van der Waals surface area contributed by atoms with E-state index in [4.69, 9.17) is 9.47 Å². The van der Waals surface area contributed by atoms with Gasteiger partial charge in [0.25, 0.3) is 5.91 Å². The van der Waals surface area contributed by atoms with E-state index in [0.717, 1.165) is 18.5 Å². The van der Waals surface area contributed by atoms with Gasteiger partial charge in [-0.15, -0.1) is 0 Å².